The topological polar surface area (TPSA) is 58.9 Å². The summed E-state index contributed by atoms with van der Waals surface area (Å²) in [6.45, 7) is 0. The number of phenolic OH excluding ortho intramolecular Hbond substituents is 2. The van der Waals surface area contributed by atoms with Crippen LogP contribution in [0.25, 0.3) is 22.3 Å². The van der Waals surface area contributed by atoms with Crippen LogP contribution in [0.1, 0.15) is 24.0 Å². The maximum atomic E-state index is 10.2. The third-order valence-electron chi connectivity index (χ3n) is 6.64. The molecule has 0 fully saturated rings. The first-order valence-corrected chi connectivity index (χ1v) is 11.9. The van der Waals surface area contributed by atoms with Gasteiger partial charge in [-0.05, 0) is 70.5 Å². The van der Waals surface area contributed by atoms with Crippen molar-refractivity contribution in [2.45, 2.75) is 31.5 Å². The van der Waals surface area contributed by atoms with Gasteiger partial charge in [0.05, 0.1) is 0 Å². The van der Waals surface area contributed by atoms with Crippen molar-refractivity contribution in [1.82, 2.24) is 0 Å². The Kier molecular flexibility index (Phi) is 7.86. The minimum atomic E-state index is -0.807. The zero-order valence-corrected chi connectivity index (χ0v) is 20.3. The molecule has 0 aliphatic heterocycles. The van der Waals surface area contributed by atoms with E-state index in [9.17, 15) is 10.2 Å². The Morgan fingerprint density at radius 3 is 1.34 bits per heavy atom. The summed E-state index contributed by atoms with van der Waals surface area (Å²) in [5, 5.41) is 20.3. The zero-order valence-electron chi connectivity index (χ0n) is 20.3. The first-order valence-electron chi connectivity index (χ1n) is 11.9. The largest absolute Gasteiger partial charge is 0.508 e. The summed E-state index contributed by atoms with van der Waals surface area (Å²) in [6, 6.07) is 31.3. The van der Waals surface area contributed by atoms with Crippen molar-refractivity contribution >= 4 is 0 Å². The van der Waals surface area contributed by atoms with Crippen LogP contribution in [0.2, 0.25) is 0 Å². The van der Waals surface area contributed by atoms with Crippen LogP contribution < -0.4 is 0 Å². The molecule has 0 saturated carbocycles. The number of methoxy groups -OCH3 is 2. The van der Waals surface area contributed by atoms with Gasteiger partial charge in [0.15, 0.2) is 5.79 Å². The van der Waals surface area contributed by atoms with E-state index in [0.717, 1.165) is 33.4 Å². The number of rotatable bonds is 10. The fraction of sp³-hybridized carbons (Fsp3) is 0.226. The SMILES string of the molecule is COC(CCc1cc(O)ccc1-c1ccccc1)(CCc1cc(O)ccc1-c1ccccc1)OC. The van der Waals surface area contributed by atoms with E-state index in [0.29, 0.717) is 25.7 Å². The Morgan fingerprint density at radius 1 is 0.571 bits per heavy atom. The highest BCUT2D eigenvalue weighted by Crippen LogP contribution is 2.34. The monoisotopic (exact) mass is 468 g/mol. The van der Waals surface area contributed by atoms with Gasteiger partial charge < -0.3 is 19.7 Å². The van der Waals surface area contributed by atoms with Crippen LogP contribution in [0.5, 0.6) is 11.5 Å². The number of phenols is 2. The van der Waals surface area contributed by atoms with E-state index in [-0.39, 0.29) is 11.5 Å². The second-order valence-electron chi connectivity index (χ2n) is 8.73. The van der Waals surface area contributed by atoms with Crippen LogP contribution >= 0.6 is 0 Å². The molecule has 4 aromatic rings. The van der Waals surface area contributed by atoms with E-state index < -0.39 is 5.79 Å². The summed E-state index contributed by atoms with van der Waals surface area (Å²) >= 11 is 0. The fourth-order valence-electron chi connectivity index (χ4n) is 4.64. The molecule has 0 atom stereocenters. The molecule has 0 spiro atoms. The van der Waals surface area contributed by atoms with Crippen molar-refractivity contribution < 1.29 is 19.7 Å². The number of hydrogen-bond donors (Lipinski definition) is 2. The molecule has 0 bridgehead atoms. The van der Waals surface area contributed by atoms with Crippen molar-refractivity contribution in [3.63, 3.8) is 0 Å². The summed E-state index contributed by atoms with van der Waals surface area (Å²) in [5.74, 6) is -0.321. The number of ether oxygens (including phenoxy) is 2. The average molecular weight is 469 g/mol. The predicted octanol–water partition coefficient (Wildman–Crippen LogP) is 6.99. The molecule has 0 saturated heterocycles. The Labute approximate surface area is 207 Å². The molecule has 180 valence electrons. The molecule has 35 heavy (non-hydrogen) atoms. The van der Waals surface area contributed by atoms with Gasteiger partial charge in [0.2, 0.25) is 0 Å². The molecule has 0 aromatic heterocycles. The van der Waals surface area contributed by atoms with Crippen LogP contribution in [0.15, 0.2) is 97.1 Å². The maximum Gasteiger partial charge on any atom is 0.168 e. The van der Waals surface area contributed by atoms with Gasteiger partial charge in [-0.15, -0.1) is 0 Å². The number of hydrogen-bond acceptors (Lipinski definition) is 4. The minimum absolute atomic E-state index is 0.243. The molecule has 0 radical (unpaired) electrons. The molecule has 2 N–H and O–H groups in total. The average Bonchev–Trinajstić information content (AvgIpc) is 2.90. The van der Waals surface area contributed by atoms with Gasteiger partial charge in [-0.1, -0.05) is 72.8 Å². The summed E-state index contributed by atoms with van der Waals surface area (Å²) < 4.78 is 11.9. The molecule has 0 unspecified atom stereocenters. The zero-order chi connectivity index (χ0) is 24.7. The Morgan fingerprint density at radius 2 is 0.971 bits per heavy atom. The summed E-state index contributed by atoms with van der Waals surface area (Å²) in [4.78, 5) is 0. The van der Waals surface area contributed by atoms with E-state index >= 15 is 0 Å². The van der Waals surface area contributed by atoms with Gasteiger partial charge >= 0.3 is 0 Å². The molecule has 4 rings (SSSR count). The number of aromatic hydroxyl groups is 2. The Bertz CT molecular complexity index is 1140. The summed E-state index contributed by atoms with van der Waals surface area (Å²) in [6.07, 6.45) is 2.57. The Balaban J connectivity index is 1.56. The molecular weight excluding hydrogens is 436 g/mol. The molecule has 4 aromatic carbocycles. The molecule has 4 heteroatoms. The first kappa shape index (κ1) is 24.5. The number of aryl methyl sites for hydroxylation is 2. The lowest BCUT2D eigenvalue weighted by atomic mass is 9.91. The maximum absolute atomic E-state index is 10.2. The van der Waals surface area contributed by atoms with Crippen molar-refractivity contribution in [1.29, 1.82) is 0 Å². The van der Waals surface area contributed by atoms with E-state index in [1.165, 1.54) is 0 Å². The normalized spacial score (nSPS) is 11.5. The van der Waals surface area contributed by atoms with Gasteiger partial charge in [0.1, 0.15) is 11.5 Å². The lowest BCUT2D eigenvalue weighted by Gasteiger charge is -2.32. The highest BCUT2D eigenvalue weighted by molar-refractivity contribution is 5.69. The lowest BCUT2D eigenvalue weighted by Crippen LogP contribution is -2.35. The summed E-state index contributed by atoms with van der Waals surface area (Å²) in [7, 11) is 3.34. The third kappa shape index (κ3) is 5.91. The highest BCUT2D eigenvalue weighted by atomic mass is 16.7. The molecule has 0 aliphatic carbocycles. The second kappa shape index (κ2) is 11.2. The smallest absolute Gasteiger partial charge is 0.168 e. The summed E-state index contributed by atoms with van der Waals surface area (Å²) in [5.41, 5.74) is 6.46. The van der Waals surface area contributed by atoms with Gasteiger partial charge in [-0.25, -0.2) is 0 Å². The van der Waals surface area contributed by atoms with Crippen LogP contribution in [0, 0.1) is 0 Å². The minimum Gasteiger partial charge on any atom is -0.508 e. The standard InChI is InChI=1S/C31H32O4/c1-34-31(35-2,19-17-25-21-27(32)13-15-29(25)23-9-5-3-6-10-23)20-18-26-22-28(33)14-16-30(26)24-11-7-4-8-12-24/h3-16,21-22,32-33H,17-20H2,1-2H3. The van der Waals surface area contributed by atoms with Crippen molar-refractivity contribution in [2.75, 3.05) is 14.2 Å². The van der Waals surface area contributed by atoms with E-state index in [4.69, 9.17) is 9.47 Å². The van der Waals surface area contributed by atoms with Crippen molar-refractivity contribution in [3.05, 3.63) is 108 Å². The van der Waals surface area contributed by atoms with Gasteiger partial charge in [-0.2, -0.15) is 0 Å². The lowest BCUT2D eigenvalue weighted by molar-refractivity contribution is -0.214. The second-order valence-corrected chi connectivity index (χ2v) is 8.73. The quantitative estimate of drug-likeness (QED) is 0.246. The van der Waals surface area contributed by atoms with Crippen LogP contribution in [-0.2, 0) is 22.3 Å². The number of benzene rings is 4. The Hall–Kier alpha value is -3.60. The molecule has 0 heterocycles. The fourth-order valence-corrected chi connectivity index (χ4v) is 4.64. The molecular formula is C31H32O4. The molecule has 4 nitrogen and oxygen atoms in total. The van der Waals surface area contributed by atoms with Crippen LogP contribution in [0.3, 0.4) is 0 Å². The van der Waals surface area contributed by atoms with Crippen molar-refractivity contribution in [3.8, 4) is 33.8 Å². The predicted molar refractivity (Wildman–Crippen MR) is 140 cm³/mol. The van der Waals surface area contributed by atoms with Crippen LogP contribution in [-0.4, -0.2) is 30.2 Å². The highest BCUT2D eigenvalue weighted by Gasteiger charge is 2.30. The molecule has 0 amide bonds. The first-order chi connectivity index (χ1) is 17.0. The van der Waals surface area contributed by atoms with E-state index in [1.54, 1.807) is 26.4 Å². The third-order valence-corrected chi connectivity index (χ3v) is 6.64. The van der Waals surface area contributed by atoms with Crippen LogP contribution in [0.4, 0.5) is 0 Å². The van der Waals surface area contributed by atoms with E-state index in [1.807, 2.05) is 60.7 Å². The van der Waals surface area contributed by atoms with Gasteiger partial charge in [0, 0.05) is 27.1 Å². The molecule has 0 aliphatic rings. The van der Waals surface area contributed by atoms with E-state index in [2.05, 4.69) is 24.3 Å². The van der Waals surface area contributed by atoms with Gasteiger partial charge in [-0.3, -0.25) is 0 Å². The van der Waals surface area contributed by atoms with Crippen molar-refractivity contribution in [2.24, 2.45) is 0 Å². The van der Waals surface area contributed by atoms with Gasteiger partial charge in [0.25, 0.3) is 0 Å².